The van der Waals surface area contributed by atoms with Crippen LogP contribution in [-0.2, 0) is 14.2 Å². The Balaban J connectivity index is 2.93. The number of aliphatic hydroxyl groups is 2. The number of rotatable bonds is 10. The molecule has 15 heavy (non-hydrogen) atoms. The van der Waals surface area contributed by atoms with Crippen molar-refractivity contribution in [3.63, 3.8) is 0 Å². The van der Waals surface area contributed by atoms with Crippen molar-refractivity contribution in [3.8, 4) is 0 Å². The highest BCUT2D eigenvalue weighted by atomic mass is 16.5. The molecule has 0 amide bonds. The summed E-state index contributed by atoms with van der Waals surface area (Å²) in [7, 11) is 0. The Hall–Kier alpha value is -0.200. The molecular weight excluding hydrogens is 200 g/mol. The smallest absolute Gasteiger partial charge is 0.0745 e. The van der Waals surface area contributed by atoms with Crippen molar-refractivity contribution in [2.75, 3.05) is 39.6 Å². The van der Waals surface area contributed by atoms with E-state index in [2.05, 4.69) is 0 Å². The molecule has 0 rings (SSSR count). The second kappa shape index (κ2) is 10.3. The van der Waals surface area contributed by atoms with Crippen LogP contribution in [-0.4, -0.2) is 62.1 Å². The summed E-state index contributed by atoms with van der Waals surface area (Å²) in [5, 5.41) is 17.7. The van der Waals surface area contributed by atoms with Gasteiger partial charge in [0, 0.05) is 0 Å². The molecule has 2 N–H and O–H groups in total. The molecule has 0 bridgehead atoms. The highest BCUT2D eigenvalue weighted by Crippen LogP contribution is 1.86. The van der Waals surface area contributed by atoms with Gasteiger partial charge in [0.2, 0.25) is 0 Å². The van der Waals surface area contributed by atoms with Crippen molar-refractivity contribution >= 4 is 0 Å². The Kier molecular flexibility index (Phi) is 10.2. The fraction of sp³-hybridized carbons (Fsp3) is 1.00. The van der Waals surface area contributed by atoms with Crippen LogP contribution in [0.15, 0.2) is 0 Å². The van der Waals surface area contributed by atoms with E-state index in [1.54, 1.807) is 13.8 Å². The third kappa shape index (κ3) is 13.8. The zero-order valence-corrected chi connectivity index (χ0v) is 9.52. The third-order valence-electron chi connectivity index (χ3n) is 1.46. The van der Waals surface area contributed by atoms with Crippen LogP contribution in [0.1, 0.15) is 13.8 Å². The normalized spacial score (nSPS) is 15.2. The van der Waals surface area contributed by atoms with Gasteiger partial charge in [0.05, 0.1) is 51.8 Å². The van der Waals surface area contributed by atoms with Crippen molar-refractivity contribution in [3.05, 3.63) is 0 Å². The molecule has 92 valence electrons. The average molecular weight is 222 g/mol. The lowest BCUT2D eigenvalue weighted by molar-refractivity contribution is -0.0169. The molecule has 0 aromatic heterocycles. The van der Waals surface area contributed by atoms with Gasteiger partial charge in [-0.2, -0.15) is 0 Å². The summed E-state index contributed by atoms with van der Waals surface area (Å²) in [6.45, 7) is 5.94. The van der Waals surface area contributed by atoms with Crippen LogP contribution in [0.3, 0.4) is 0 Å². The third-order valence-corrected chi connectivity index (χ3v) is 1.46. The Morgan fingerprint density at radius 1 is 0.733 bits per heavy atom. The first-order valence-corrected chi connectivity index (χ1v) is 5.22. The average Bonchev–Trinajstić information content (AvgIpc) is 2.14. The summed E-state index contributed by atoms with van der Waals surface area (Å²) in [6, 6.07) is 0. The van der Waals surface area contributed by atoms with Gasteiger partial charge in [-0.15, -0.1) is 0 Å². The van der Waals surface area contributed by atoms with Crippen molar-refractivity contribution in [2.24, 2.45) is 0 Å². The lowest BCUT2D eigenvalue weighted by atomic mass is 10.4. The van der Waals surface area contributed by atoms with E-state index in [1.165, 1.54) is 0 Å². The molecule has 0 aliphatic carbocycles. The quantitative estimate of drug-likeness (QED) is 0.501. The molecular formula is C10H22O5. The van der Waals surface area contributed by atoms with Crippen LogP contribution in [0.5, 0.6) is 0 Å². The van der Waals surface area contributed by atoms with Gasteiger partial charge in [0.25, 0.3) is 0 Å². The summed E-state index contributed by atoms with van der Waals surface area (Å²) in [5.74, 6) is 0. The van der Waals surface area contributed by atoms with Crippen LogP contribution in [0.2, 0.25) is 0 Å². The van der Waals surface area contributed by atoms with E-state index in [0.29, 0.717) is 39.6 Å². The predicted molar refractivity (Wildman–Crippen MR) is 55.8 cm³/mol. The molecule has 0 heterocycles. The highest BCUT2D eigenvalue weighted by Gasteiger charge is 1.96. The minimum Gasteiger partial charge on any atom is -0.391 e. The van der Waals surface area contributed by atoms with E-state index in [-0.39, 0.29) is 0 Å². The largest absolute Gasteiger partial charge is 0.391 e. The van der Waals surface area contributed by atoms with E-state index in [1.807, 2.05) is 0 Å². The lowest BCUT2D eigenvalue weighted by Crippen LogP contribution is -2.16. The Morgan fingerprint density at radius 3 is 1.40 bits per heavy atom. The molecule has 2 atom stereocenters. The van der Waals surface area contributed by atoms with Crippen LogP contribution < -0.4 is 0 Å². The van der Waals surface area contributed by atoms with E-state index < -0.39 is 12.2 Å². The van der Waals surface area contributed by atoms with Crippen LogP contribution in [0.25, 0.3) is 0 Å². The van der Waals surface area contributed by atoms with Crippen LogP contribution >= 0.6 is 0 Å². The maximum absolute atomic E-state index is 8.87. The number of aliphatic hydroxyl groups excluding tert-OH is 2. The summed E-state index contributed by atoms with van der Waals surface area (Å²) < 4.78 is 15.4. The predicted octanol–water partition coefficient (Wildman–Crippen LogP) is -0.202. The van der Waals surface area contributed by atoms with Crippen molar-refractivity contribution in [2.45, 2.75) is 26.1 Å². The van der Waals surface area contributed by atoms with Gasteiger partial charge in [-0.1, -0.05) is 0 Å². The van der Waals surface area contributed by atoms with Crippen LogP contribution in [0.4, 0.5) is 0 Å². The van der Waals surface area contributed by atoms with Gasteiger partial charge >= 0.3 is 0 Å². The van der Waals surface area contributed by atoms with Gasteiger partial charge in [0.15, 0.2) is 0 Å². The molecule has 0 aliphatic heterocycles. The molecule has 0 saturated heterocycles. The summed E-state index contributed by atoms with van der Waals surface area (Å²) in [6.07, 6.45) is -0.862. The van der Waals surface area contributed by atoms with Gasteiger partial charge in [-0.05, 0) is 13.8 Å². The molecule has 0 aromatic rings. The molecule has 5 nitrogen and oxygen atoms in total. The maximum atomic E-state index is 8.87. The van der Waals surface area contributed by atoms with Crippen molar-refractivity contribution < 1.29 is 24.4 Å². The van der Waals surface area contributed by atoms with E-state index in [0.717, 1.165) is 0 Å². The zero-order chi connectivity index (χ0) is 11.5. The molecule has 0 saturated carbocycles. The number of hydrogen-bond acceptors (Lipinski definition) is 5. The van der Waals surface area contributed by atoms with Crippen molar-refractivity contribution in [1.82, 2.24) is 0 Å². The molecule has 0 fully saturated rings. The first-order chi connectivity index (χ1) is 7.13. The monoisotopic (exact) mass is 222 g/mol. The molecule has 0 spiro atoms. The fourth-order valence-corrected chi connectivity index (χ4v) is 0.846. The second-order valence-electron chi connectivity index (χ2n) is 3.46. The highest BCUT2D eigenvalue weighted by molar-refractivity contribution is 4.42. The Labute approximate surface area is 91.0 Å². The topological polar surface area (TPSA) is 68.2 Å². The molecule has 0 radical (unpaired) electrons. The zero-order valence-electron chi connectivity index (χ0n) is 9.52. The Bertz CT molecular complexity index is 113. The van der Waals surface area contributed by atoms with Gasteiger partial charge < -0.3 is 24.4 Å². The molecule has 0 aliphatic rings. The first-order valence-electron chi connectivity index (χ1n) is 5.22. The fourth-order valence-electron chi connectivity index (χ4n) is 0.846. The van der Waals surface area contributed by atoms with Gasteiger partial charge in [-0.3, -0.25) is 0 Å². The van der Waals surface area contributed by atoms with Gasteiger partial charge in [-0.25, -0.2) is 0 Å². The van der Waals surface area contributed by atoms with E-state index in [4.69, 9.17) is 24.4 Å². The lowest BCUT2D eigenvalue weighted by Gasteiger charge is -2.08. The SMILES string of the molecule is C[C@@H](O)COCCOCCOC[C@@H](C)O. The Morgan fingerprint density at radius 2 is 1.07 bits per heavy atom. The van der Waals surface area contributed by atoms with E-state index >= 15 is 0 Å². The molecule has 5 heteroatoms. The number of ether oxygens (including phenoxy) is 3. The first kappa shape index (κ1) is 14.8. The summed E-state index contributed by atoms with van der Waals surface area (Å²) in [5.41, 5.74) is 0. The summed E-state index contributed by atoms with van der Waals surface area (Å²) in [4.78, 5) is 0. The van der Waals surface area contributed by atoms with Gasteiger partial charge in [0.1, 0.15) is 0 Å². The maximum Gasteiger partial charge on any atom is 0.0745 e. The van der Waals surface area contributed by atoms with Crippen molar-refractivity contribution in [1.29, 1.82) is 0 Å². The van der Waals surface area contributed by atoms with Crippen LogP contribution in [0, 0.1) is 0 Å². The van der Waals surface area contributed by atoms with E-state index in [9.17, 15) is 0 Å². The standard InChI is InChI=1S/C10H22O5/c1-9(11)7-14-5-3-13-4-6-15-8-10(2)12/h9-12H,3-8H2,1-2H3/t9-,10-/m1/s1. The minimum atomic E-state index is -0.431. The second-order valence-corrected chi connectivity index (χ2v) is 3.46. The summed E-state index contributed by atoms with van der Waals surface area (Å²) >= 11 is 0. The molecule has 0 unspecified atom stereocenters. The molecule has 0 aromatic carbocycles. The minimum absolute atomic E-state index is 0.335. The number of hydrogen-bond donors (Lipinski definition) is 2.